The van der Waals surface area contributed by atoms with E-state index in [2.05, 4.69) is 0 Å². The average molecular weight is 310 g/mol. The van der Waals surface area contributed by atoms with Gasteiger partial charge in [0.15, 0.2) is 10.7 Å². The van der Waals surface area contributed by atoms with E-state index in [-0.39, 0.29) is 0 Å². The fourth-order valence-corrected chi connectivity index (χ4v) is 2.80. The first-order chi connectivity index (χ1) is 10.7. The van der Waals surface area contributed by atoms with E-state index in [1.165, 1.54) is 0 Å². The van der Waals surface area contributed by atoms with Gasteiger partial charge in [-0.05, 0) is 35.9 Å². The number of para-hydroxylation sites is 1. The quantitative estimate of drug-likeness (QED) is 0.737. The molecule has 3 aromatic rings. The van der Waals surface area contributed by atoms with Gasteiger partial charge in [0, 0.05) is 5.56 Å². The molecule has 3 rings (SSSR count). The molecule has 0 spiro atoms. The van der Waals surface area contributed by atoms with Crippen LogP contribution in [0.2, 0.25) is 0 Å². The minimum atomic E-state index is -2.67. The third-order valence-corrected chi connectivity index (χ3v) is 4.01. The summed E-state index contributed by atoms with van der Waals surface area (Å²) in [4.78, 5) is 0.293. The van der Waals surface area contributed by atoms with Crippen LogP contribution in [-0.2, 0) is 10.7 Å². The highest BCUT2D eigenvalue weighted by atomic mass is 32.2. The molecule has 0 aromatic heterocycles. The highest BCUT2D eigenvalue weighted by molar-refractivity contribution is 7.72. The van der Waals surface area contributed by atoms with Crippen LogP contribution in [-0.4, -0.2) is 8.42 Å². The Morgan fingerprint density at radius 1 is 0.682 bits per heavy atom. The topological polar surface area (TPSA) is 43.4 Å². The van der Waals surface area contributed by atoms with Crippen molar-refractivity contribution in [3.8, 4) is 22.6 Å². The minimum Gasteiger partial charge on any atom is -0.457 e. The van der Waals surface area contributed by atoms with Crippen molar-refractivity contribution in [2.45, 2.75) is 4.90 Å². The maximum Gasteiger partial charge on any atom is 0.168 e. The van der Waals surface area contributed by atoms with Crippen molar-refractivity contribution in [3.63, 3.8) is 0 Å². The second kappa shape index (κ2) is 6.45. The van der Waals surface area contributed by atoms with Gasteiger partial charge in [0.25, 0.3) is 0 Å². The molecular formula is C18H14O3S. The summed E-state index contributed by atoms with van der Waals surface area (Å²) in [6.45, 7) is 0. The largest absolute Gasteiger partial charge is 0.457 e. The van der Waals surface area contributed by atoms with Gasteiger partial charge in [0.1, 0.15) is 11.5 Å². The molecule has 0 aliphatic rings. The summed E-state index contributed by atoms with van der Waals surface area (Å²) in [5.74, 6) is 1.31. The van der Waals surface area contributed by atoms with Gasteiger partial charge in [-0.3, -0.25) is 0 Å². The van der Waals surface area contributed by atoms with Crippen LogP contribution in [0, 0.1) is 0 Å². The van der Waals surface area contributed by atoms with Crippen molar-refractivity contribution in [2.75, 3.05) is 0 Å². The number of benzene rings is 3. The Hall–Kier alpha value is -2.59. The second-order valence-electron chi connectivity index (χ2n) is 4.72. The Balaban J connectivity index is 2.05. The fraction of sp³-hybridized carbons (Fsp3) is 0. The van der Waals surface area contributed by atoms with Gasteiger partial charge in [-0.15, -0.1) is 0 Å². The molecule has 0 radical (unpaired) electrons. The predicted molar refractivity (Wildman–Crippen MR) is 87.0 cm³/mol. The number of rotatable bonds is 4. The molecular weight excluding hydrogens is 296 g/mol. The molecule has 22 heavy (non-hydrogen) atoms. The van der Waals surface area contributed by atoms with Crippen molar-refractivity contribution in [1.29, 1.82) is 0 Å². The van der Waals surface area contributed by atoms with Gasteiger partial charge in [-0.25, -0.2) is 8.42 Å². The summed E-state index contributed by atoms with van der Waals surface area (Å²) < 4.78 is 28.7. The highest BCUT2D eigenvalue weighted by Crippen LogP contribution is 2.31. The monoisotopic (exact) mass is 310 g/mol. The summed E-state index contributed by atoms with van der Waals surface area (Å²) in [5.41, 5.74) is 1.49. The van der Waals surface area contributed by atoms with Crippen molar-refractivity contribution >= 4 is 10.7 Å². The van der Waals surface area contributed by atoms with Crippen LogP contribution in [0.3, 0.4) is 0 Å². The number of ether oxygens (including phenoxy) is 1. The molecule has 0 saturated carbocycles. The summed E-state index contributed by atoms with van der Waals surface area (Å²) in [5, 5.41) is 0. The van der Waals surface area contributed by atoms with Gasteiger partial charge >= 0.3 is 0 Å². The lowest BCUT2D eigenvalue weighted by Gasteiger charge is -2.10. The second-order valence-corrected chi connectivity index (χ2v) is 5.71. The van der Waals surface area contributed by atoms with Crippen molar-refractivity contribution in [2.24, 2.45) is 0 Å². The highest BCUT2D eigenvalue weighted by Gasteiger charge is 2.09. The van der Waals surface area contributed by atoms with Crippen LogP contribution in [0.4, 0.5) is 0 Å². The molecule has 0 amide bonds. The molecule has 0 N–H and O–H groups in total. The Labute approximate surface area is 130 Å². The molecule has 0 unspecified atom stereocenters. The van der Waals surface area contributed by atoms with Crippen LogP contribution in [0.1, 0.15) is 0 Å². The third kappa shape index (κ3) is 3.18. The number of hydrogen-bond acceptors (Lipinski definition) is 3. The summed E-state index contributed by atoms with van der Waals surface area (Å²) >= 11 is 0. The van der Waals surface area contributed by atoms with E-state index in [4.69, 9.17) is 4.74 Å². The first-order valence-electron chi connectivity index (χ1n) is 6.81. The maximum atomic E-state index is 11.5. The van der Waals surface area contributed by atoms with E-state index < -0.39 is 10.7 Å². The number of hydrogen-bond donors (Lipinski definition) is 1. The van der Waals surface area contributed by atoms with Gasteiger partial charge < -0.3 is 4.74 Å². The van der Waals surface area contributed by atoms with Crippen LogP contribution in [0.5, 0.6) is 11.5 Å². The molecule has 110 valence electrons. The molecule has 0 heterocycles. The molecule has 0 aliphatic carbocycles. The molecule has 0 aliphatic heterocycles. The lowest BCUT2D eigenvalue weighted by atomic mass is 10.1. The number of thiol groups is 1. The zero-order valence-electron chi connectivity index (χ0n) is 11.7. The lowest BCUT2D eigenvalue weighted by molar-refractivity contribution is 0.482. The Morgan fingerprint density at radius 3 is 1.95 bits per heavy atom. The van der Waals surface area contributed by atoms with E-state index in [0.29, 0.717) is 22.0 Å². The third-order valence-electron chi connectivity index (χ3n) is 3.23. The predicted octanol–water partition coefficient (Wildman–Crippen LogP) is 4.12. The van der Waals surface area contributed by atoms with E-state index in [0.717, 1.165) is 5.56 Å². The normalized spacial score (nSPS) is 10.6. The van der Waals surface area contributed by atoms with Crippen LogP contribution in [0.25, 0.3) is 11.1 Å². The van der Waals surface area contributed by atoms with E-state index >= 15 is 0 Å². The average Bonchev–Trinajstić information content (AvgIpc) is 2.56. The standard InChI is InChI=1S/C18H14O3S/c19-22(20)18-12-11-16(21-15-9-5-2-6-10-15)13-17(18)14-7-3-1-4-8-14/h1-13,22H. The van der Waals surface area contributed by atoms with E-state index in [9.17, 15) is 8.42 Å². The van der Waals surface area contributed by atoms with Gasteiger partial charge in [0.05, 0.1) is 4.90 Å². The Morgan fingerprint density at radius 2 is 1.32 bits per heavy atom. The molecule has 4 heteroatoms. The molecule has 0 atom stereocenters. The molecule has 0 bridgehead atoms. The van der Waals surface area contributed by atoms with Crippen LogP contribution < -0.4 is 4.74 Å². The Kier molecular flexibility index (Phi) is 4.21. The summed E-state index contributed by atoms with van der Waals surface area (Å²) in [6, 6.07) is 23.8. The fourth-order valence-electron chi connectivity index (χ4n) is 2.21. The molecule has 0 saturated heterocycles. The van der Waals surface area contributed by atoms with Crippen LogP contribution >= 0.6 is 0 Å². The van der Waals surface area contributed by atoms with Gasteiger partial charge in [0.2, 0.25) is 0 Å². The zero-order valence-corrected chi connectivity index (χ0v) is 12.6. The van der Waals surface area contributed by atoms with Gasteiger partial charge in [-0.2, -0.15) is 0 Å². The smallest absolute Gasteiger partial charge is 0.168 e. The minimum absolute atomic E-state index is 0.293. The molecule has 0 fully saturated rings. The first-order valence-corrected chi connectivity index (χ1v) is 7.98. The van der Waals surface area contributed by atoms with Crippen LogP contribution in [0.15, 0.2) is 83.8 Å². The zero-order chi connectivity index (χ0) is 15.4. The van der Waals surface area contributed by atoms with E-state index in [1.54, 1.807) is 18.2 Å². The van der Waals surface area contributed by atoms with E-state index in [1.807, 2.05) is 60.7 Å². The lowest BCUT2D eigenvalue weighted by Crippen LogP contribution is -1.90. The van der Waals surface area contributed by atoms with Gasteiger partial charge in [-0.1, -0.05) is 48.5 Å². The van der Waals surface area contributed by atoms with Crippen molar-refractivity contribution in [3.05, 3.63) is 78.9 Å². The molecule has 3 aromatic carbocycles. The SMILES string of the molecule is O=[SH](=O)c1ccc(Oc2ccccc2)cc1-c1ccccc1. The maximum absolute atomic E-state index is 11.5. The van der Waals surface area contributed by atoms with Crippen molar-refractivity contribution < 1.29 is 13.2 Å². The molecule has 3 nitrogen and oxygen atoms in total. The Bertz CT molecular complexity index is 833. The summed E-state index contributed by atoms with van der Waals surface area (Å²) in [6.07, 6.45) is 0. The summed E-state index contributed by atoms with van der Waals surface area (Å²) in [7, 11) is -2.67. The first kappa shape index (κ1) is 14.4. The van der Waals surface area contributed by atoms with Crippen molar-refractivity contribution in [1.82, 2.24) is 0 Å².